The van der Waals surface area contributed by atoms with Crippen LogP contribution in [0.4, 0.5) is 0 Å². The minimum atomic E-state index is -1.05. The fraction of sp³-hybridized carbons (Fsp3) is 0.364. The molecule has 5 nitrogen and oxygen atoms in total. The molecule has 0 aromatic heterocycles. The van der Waals surface area contributed by atoms with Gasteiger partial charge in [0.1, 0.15) is 12.1 Å². The number of benzene rings is 2. The Morgan fingerprint density at radius 2 is 1.33 bits per heavy atom. The monoisotopic (exact) mass is 369 g/mol. The SMILES string of the molecule is Cc1ccc(-c2ccc(CC(N[C@@H](CC(C)C)C(=O)O)C(=O)O)cc2)cc1. The Morgan fingerprint density at radius 1 is 0.852 bits per heavy atom. The van der Waals surface area contributed by atoms with Gasteiger partial charge in [-0.2, -0.15) is 0 Å². The van der Waals surface area contributed by atoms with Gasteiger partial charge in [0.2, 0.25) is 0 Å². The first-order chi connectivity index (χ1) is 12.8. The summed E-state index contributed by atoms with van der Waals surface area (Å²) < 4.78 is 0. The molecule has 0 amide bonds. The second-order valence-electron chi connectivity index (χ2n) is 7.34. The Hall–Kier alpha value is -2.66. The quantitative estimate of drug-likeness (QED) is 0.627. The number of carboxylic acids is 2. The van der Waals surface area contributed by atoms with E-state index in [9.17, 15) is 19.8 Å². The van der Waals surface area contributed by atoms with Gasteiger partial charge >= 0.3 is 11.9 Å². The number of aryl methyl sites for hydroxylation is 1. The zero-order valence-corrected chi connectivity index (χ0v) is 16.0. The number of carboxylic acid groups (broad SMARTS) is 2. The second kappa shape index (κ2) is 9.33. The van der Waals surface area contributed by atoms with Crippen molar-refractivity contribution < 1.29 is 19.8 Å². The third-order valence-electron chi connectivity index (χ3n) is 4.48. The third kappa shape index (κ3) is 6.22. The summed E-state index contributed by atoms with van der Waals surface area (Å²) in [6, 6.07) is 14.1. The first-order valence-electron chi connectivity index (χ1n) is 9.14. The molecule has 5 heteroatoms. The highest BCUT2D eigenvalue weighted by atomic mass is 16.4. The van der Waals surface area contributed by atoms with Crippen molar-refractivity contribution in [2.45, 2.75) is 45.7 Å². The molecule has 1 unspecified atom stereocenters. The van der Waals surface area contributed by atoms with Crippen molar-refractivity contribution in [2.24, 2.45) is 5.92 Å². The van der Waals surface area contributed by atoms with Gasteiger partial charge in [0.05, 0.1) is 0 Å². The molecular weight excluding hydrogens is 342 g/mol. The second-order valence-corrected chi connectivity index (χ2v) is 7.34. The predicted molar refractivity (Wildman–Crippen MR) is 106 cm³/mol. The maximum absolute atomic E-state index is 11.6. The van der Waals surface area contributed by atoms with Gasteiger partial charge in [-0.05, 0) is 42.4 Å². The van der Waals surface area contributed by atoms with E-state index in [4.69, 9.17) is 0 Å². The molecule has 2 aromatic carbocycles. The van der Waals surface area contributed by atoms with Crippen LogP contribution in [0.25, 0.3) is 11.1 Å². The fourth-order valence-corrected chi connectivity index (χ4v) is 2.99. The van der Waals surface area contributed by atoms with Crippen molar-refractivity contribution in [3.63, 3.8) is 0 Å². The zero-order chi connectivity index (χ0) is 20.0. The number of hydrogen-bond donors (Lipinski definition) is 3. The van der Waals surface area contributed by atoms with Crippen LogP contribution in [0.15, 0.2) is 48.5 Å². The molecule has 0 spiro atoms. The van der Waals surface area contributed by atoms with Crippen LogP contribution in [0, 0.1) is 12.8 Å². The molecule has 0 radical (unpaired) electrons. The van der Waals surface area contributed by atoms with Crippen LogP contribution in [0.1, 0.15) is 31.4 Å². The molecule has 0 saturated heterocycles. The summed E-state index contributed by atoms with van der Waals surface area (Å²) in [5.74, 6) is -1.92. The van der Waals surface area contributed by atoms with Gasteiger partial charge in [-0.25, -0.2) is 0 Å². The van der Waals surface area contributed by atoms with E-state index >= 15 is 0 Å². The molecule has 144 valence electrons. The molecule has 2 atom stereocenters. The molecule has 3 N–H and O–H groups in total. The lowest BCUT2D eigenvalue weighted by atomic mass is 9.98. The van der Waals surface area contributed by atoms with Gasteiger partial charge in [-0.1, -0.05) is 67.9 Å². The summed E-state index contributed by atoms with van der Waals surface area (Å²) in [5, 5.41) is 21.6. The molecular formula is C22H27NO4. The average molecular weight is 369 g/mol. The Morgan fingerprint density at radius 3 is 1.78 bits per heavy atom. The summed E-state index contributed by atoms with van der Waals surface area (Å²) in [5.41, 5.74) is 4.20. The van der Waals surface area contributed by atoms with Crippen LogP contribution < -0.4 is 5.32 Å². The topological polar surface area (TPSA) is 86.6 Å². The van der Waals surface area contributed by atoms with Gasteiger partial charge in [0, 0.05) is 0 Å². The average Bonchev–Trinajstić information content (AvgIpc) is 2.61. The van der Waals surface area contributed by atoms with E-state index in [-0.39, 0.29) is 12.3 Å². The van der Waals surface area contributed by atoms with Crippen molar-refractivity contribution in [3.8, 4) is 11.1 Å². The maximum atomic E-state index is 11.6. The summed E-state index contributed by atoms with van der Waals surface area (Å²) in [4.78, 5) is 23.0. The van der Waals surface area contributed by atoms with E-state index in [1.54, 1.807) is 0 Å². The van der Waals surface area contributed by atoms with E-state index < -0.39 is 24.0 Å². The van der Waals surface area contributed by atoms with Gasteiger partial charge in [-0.15, -0.1) is 0 Å². The highest BCUT2D eigenvalue weighted by Crippen LogP contribution is 2.21. The maximum Gasteiger partial charge on any atom is 0.321 e. The van der Waals surface area contributed by atoms with E-state index in [2.05, 4.69) is 17.4 Å². The molecule has 0 bridgehead atoms. The van der Waals surface area contributed by atoms with Gasteiger partial charge in [0.25, 0.3) is 0 Å². The van der Waals surface area contributed by atoms with E-state index in [1.165, 1.54) is 5.56 Å². The van der Waals surface area contributed by atoms with E-state index in [0.29, 0.717) is 6.42 Å². The molecule has 0 fully saturated rings. The molecule has 0 aliphatic rings. The normalized spacial score (nSPS) is 13.3. The van der Waals surface area contributed by atoms with Crippen molar-refractivity contribution in [1.82, 2.24) is 5.32 Å². The largest absolute Gasteiger partial charge is 0.480 e. The molecule has 2 rings (SSSR count). The molecule has 0 aliphatic heterocycles. The Balaban J connectivity index is 2.10. The highest BCUT2D eigenvalue weighted by molar-refractivity contribution is 5.77. The summed E-state index contributed by atoms with van der Waals surface area (Å²) in [6.45, 7) is 5.87. The number of aliphatic carboxylic acids is 2. The first-order valence-corrected chi connectivity index (χ1v) is 9.14. The first kappa shape index (κ1) is 20.6. The lowest BCUT2D eigenvalue weighted by molar-refractivity contribution is -0.142. The third-order valence-corrected chi connectivity index (χ3v) is 4.48. The molecule has 0 heterocycles. The van der Waals surface area contributed by atoms with Crippen molar-refractivity contribution in [1.29, 1.82) is 0 Å². The lowest BCUT2D eigenvalue weighted by Gasteiger charge is -2.22. The van der Waals surface area contributed by atoms with Crippen LogP contribution in [-0.2, 0) is 16.0 Å². The molecule has 27 heavy (non-hydrogen) atoms. The highest BCUT2D eigenvalue weighted by Gasteiger charge is 2.26. The van der Waals surface area contributed by atoms with Crippen LogP contribution in [0.2, 0.25) is 0 Å². The smallest absolute Gasteiger partial charge is 0.321 e. The lowest BCUT2D eigenvalue weighted by Crippen LogP contribution is -2.48. The van der Waals surface area contributed by atoms with E-state index in [1.807, 2.05) is 57.2 Å². The van der Waals surface area contributed by atoms with Gasteiger partial charge < -0.3 is 10.2 Å². The zero-order valence-electron chi connectivity index (χ0n) is 16.0. The van der Waals surface area contributed by atoms with Crippen molar-refractivity contribution in [3.05, 3.63) is 59.7 Å². The summed E-state index contributed by atoms with van der Waals surface area (Å²) >= 11 is 0. The minimum absolute atomic E-state index is 0.154. The van der Waals surface area contributed by atoms with Gasteiger partial charge in [-0.3, -0.25) is 14.9 Å². The fourth-order valence-electron chi connectivity index (χ4n) is 2.99. The Kier molecular flexibility index (Phi) is 7.13. The van der Waals surface area contributed by atoms with Crippen LogP contribution in [-0.4, -0.2) is 34.2 Å². The van der Waals surface area contributed by atoms with Crippen LogP contribution in [0.3, 0.4) is 0 Å². The van der Waals surface area contributed by atoms with Crippen molar-refractivity contribution >= 4 is 11.9 Å². The van der Waals surface area contributed by atoms with Gasteiger partial charge in [0.15, 0.2) is 0 Å². The van der Waals surface area contributed by atoms with E-state index in [0.717, 1.165) is 16.7 Å². The van der Waals surface area contributed by atoms with Crippen molar-refractivity contribution in [2.75, 3.05) is 0 Å². The Labute approximate surface area is 160 Å². The number of hydrogen-bond acceptors (Lipinski definition) is 3. The standard InChI is InChI=1S/C22H27NO4/c1-14(2)12-19(21(24)25)23-20(22(26)27)13-16-6-10-18(11-7-16)17-8-4-15(3)5-9-17/h4-11,14,19-20,23H,12-13H2,1-3H3,(H,24,25)(H,26,27)/t19-,20?/m0/s1. The van der Waals surface area contributed by atoms with Crippen LogP contribution in [0.5, 0.6) is 0 Å². The predicted octanol–water partition coefficient (Wildman–Crippen LogP) is 3.75. The number of rotatable bonds is 9. The van der Waals surface area contributed by atoms with Crippen LogP contribution >= 0.6 is 0 Å². The Bertz CT molecular complexity index is 766. The number of nitrogens with one attached hydrogen (secondary N) is 1. The summed E-state index contributed by atoms with van der Waals surface area (Å²) in [7, 11) is 0. The molecule has 2 aromatic rings. The minimum Gasteiger partial charge on any atom is -0.480 e. The number of carbonyl (C=O) groups is 2. The summed E-state index contributed by atoms with van der Waals surface area (Å²) in [6.07, 6.45) is 0.608. The molecule has 0 saturated carbocycles. The molecule has 0 aliphatic carbocycles.